The number of hydrogen-bond acceptors (Lipinski definition) is 3. The van der Waals surface area contributed by atoms with Crippen molar-refractivity contribution in [3.8, 4) is 11.3 Å². The number of ether oxygens (including phenoxy) is 1. The molecule has 0 atom stereocenters. The second kappa shape index (κ2) is 6.43. The van der Waals surface area contributed by atoms with E-state index in [1.807, 2.05) is 32.2 Å². The van der Waals surface area contributed by atoms with Crippen LogP contribution >= 0.6 is 0 Å². The van der Waals surface area contributed by atoms with Crippen LogP contribution in [0, 0.1) is 5.82 Å². The summed E-state index contributed by atoms with van der Waals surface area (Å²) in [7, 11) is 0. The summed E-state index contributed by atoms with van der Waals surface area (Å²) in [4.78, 5) is 12.7. The van der Waals surface area contributed by atoms with Gasteiger partial charge in [-0.2, -0.15) is 5.10 Å². The van der Waals surface area contributed by atoms with Gasteiger partial charge in [-0.25, -0.2) is 13.7 Å². The van der Waals surface area contributed by atoms with Crippen LogP contribution in [0.5, 0.6) is 0 Å². The molecule has 0 spiro atoms. The maximum absolute atomic E-state index is 13.3. The summed E-state index contributed by atoms with van der Waals surface area (Å²) in [6, 6.07) is 9.79. The smallest absolute Gasteiger partial charge is 0.340 e. The Bertz CT molecular complexity index is 882. The second-order valence-corrected chi connectivity index (χ2v) is 5.86. The Morgan fingerprint density at radius 1 is 1.25 bits per heavy atom. The molecule has 0 bridgehead atoms. The van der Waals surface area contributed by atoms with Crippen LogP contribution in [0.3, 0.4) is 0 Å². The van der Waals surface area contributed by atoms with Crippen molar-refractivity contribution in [2.24, 2.45) is 0 Å². The molecular formula is C19H19FN2O2. The normalized spacial score (nSPS) is 11.2. The van der Waals surface area contributed by atoms with Crippen molar-refractivity contribution in [2.45, 2.75) is 26.7 Å². The molecule has 0 saturated heterocycles. The number of rotatable bonds is 4. The fourth-order valence-corrected chi connectivity index (χ4v) is 2.89. The zero-order valence-corrected chi connectivity index (χ0v) is 13.9. The van der Waals surface area contributed by atoms with Gasteiger partial charge in [0.25, 0.3) is 0 Å². The lowest BCUT2D eigenvalue weighted by Crippen LogP contribution is -2.15. The van der Waals surface area contributed by atoms with Gasteiger partial charge in [0.1, 0.15) is 11.5 Å². The molecule has 0 aliphatic rings. The lowest BCUT2D eigenvalue weighted by atomic mass is 9.93. The summed E-state index contributed by atoms with van der Waals surface area (Å²) in [5.74, 6) is -0.636. The van der Waals surface area contributed by atoms with Gasteiger partial charge in [-0.3, -0.25) is 0 Å². The van der Waals surface area contributed by atoms with Gasteiger partial charge < -0.3 is 4.74 Å². The molecule has 0 unspecified atom stereocenters. The molecule has 3 rings (SSSR count). The van der Waals surface area contributed by atoms with E-state index in [-0.39, 0.29) is 18.3 Å². The second-order valence-electron chi connectivity index (χ2n) is 5.86. The Morgan fingerprint density at radius 2 is 1.96 bits per heavy atom. The van der Waals surface area contributed by atoms with E-state index in [0.29, 0.717) is 16.8 Å². The fourth-order valence-electron chi connectivity index (χ4n) is 2.89. The molecule has 1 aromatic carbocycles. The average molecular weight is 326 g/mol. The van der Waals surface area contributed by atoms with Gasteiger partial charge in [-0.05, 0) is 54.8 Å². The summed E-state index contributed by atoms with van der Waals surface area (Å²) in [5, 5.41) is 4.57. The zero-order chi connectivity index (χ0) is 17.3. The van der Waals surface area contributed by atoms with Gasteiger partial charge in [0, 0.05) is 11.8 Å². The van der Waals surface area contributed by atoms with Crippen LogP contribution in [0.15, 0.2) is 42.6 Å². The van der Waals surface area contributed by atoms with Crippen molar-refractivity contribution in [1.82, 2.24) is 9.61 Å². The first-order valence-corrected chi connectivity index (χ1v) is 7.97. The minimum atomic E-state index is -0.406. The number of carbonyl (C=O) groups is 1. The highest BCUT2D eigenvalue weighted by Gasteiger charge is 2.25. The molecule has 0 amide bonds. The number of halogens is 1. The summed E-state index contributed by atoms with van der Waals surface area (Å²) >= 11 is 0. The van der Waals surface area contributed by atoms with E-state index >= 15 is 0 Å². The molecule has 0 aliphatic heterocycles. The monoisotopic (exact) mass is 326 g/mol. The number of aromatic nitrogens is 2. The van der Waals surface area contributed by atoms with Gasteiger partial charge in [0.15, 0.2) is 0 Å². The molecule has 2 aromatic heterocycles. The molecule has 5 heteroatoms. The maximum Gasteiger partial charge on any atom is 0.340 e. The van der Waals surface area contributed by atoms with E-state index in [2.05, 4.69) is 5.10 Å². The molecule has 0 fully saturated rings. The minimum absolute atomic E-state index is 0.101. The molecule has 4 nitrogen and oxygen atoms in total. The molecule has 0 radical (unpaired) electrons. The van der Waals surface area contributed by atoms with E-state index in [1.165, 1.54) is 12.1 Å². The fraction of sp³-hybridized carbons (Fsp3) is 0.263. The van der Waals surface area contributed by atoms with Gasteiger partial charge >= 0.3 is 5.97 Å². The highest BCUT2D eigenvalue weighted by Crippen LogP contribution is 2.32. The summed E-state index contributed by atoms with van der Waals surface area (Å²) in [6.07, 6.45) is 1.84. The van der Waals surface area contributed by atoms with Crippen LogP contribution in [0.4, 0.5) is 4.39 Å². The van der Waals surface area contributed by atoms with Gasteiger partial charge in [-0.15, -0.1) is 0 Å². The van der Waals surface area contributed by atoms with Crippen molar-refractivity contribution >= 4 is 11.5 Å². The van der Waals surface area contributed by atoms with Crippen LogP contribution in [-0.4, -0.2) is 22.2 Å². The zero-order valence-electron chi connectivity index (χ0n) is 13.9. The molecule has 24 heavy (non-hydrogen) atoms. The Kier molecular flexibility index (Phi) is 4.34. The first-order chi connectivity index (χ1) is 11.5. The topological polar surface area (TPSA) is 43.6 Å². The van der Waals surface area contributed by atoms with E-state index in [0.717, 1.165) is 11.1 Å². The van der Waals surface area contributed by atoms with Crippen LogP contribution in [0.25, 0.3) is 16.8 Å². The van der Waals surface area contributed by atoms with Crippen molar-refractivity contribution < 1.29 is 13.9 Å². The van der Waals surface area contributed by atoms with Gasteiger partial charge in [0.05, 0.1) is 17.7 Å². The van der Waals surface area contributed by atoms with Gasteiger partial charge in [-0.1, -0.05) is 13.8 Å². The molecular weight excluding hydrogens is 307 g/mol. The molecule has 0 N–H and O–H groups in total. The van der Waals surface area contributed by atoms with Crippen LogP contribution in [-0.2, 0) is 4.74 Å². The third-order valence-corrected chi connectivity index (χ3v) is 3.89. The lowest BCUT2D eigenvalue weighted by Gasteiger charge is -2.17. The maximum atomic E-state index is 13.3. The first-order valence-electron chi connectivity index (χ1n) is 7.97. The SMILES string of the molecule is CCOC(=O)c1c(-c2ccc(F)cc2)nn2cccc2c1C(C)C. The van der Waals surface area contributed by atoms with Crippen molar-refractivity contribution in [3.05, 3.63) is 59.5 Å². The van der Waals surface area contributed by atoms with Gasteiger partial charge in [0.2, 0.25) is 0 Å². The van der Waals surface area contributed by atoms with Crippen molar-refractivity contribution in [1.29, 1.82) is 0 Å². The Hall–Kier alpha value is -2.69. The van der Waals surface area contributed by atoms with E-state index in [9.17, 15) is 9.18 Å². The number of carbonyl (C=O) groups excluding carboxylic acids is 1. The number of benzene rings is 1. The van der Waals surface area contributed by atoms with E-state index in [4.69, 9.17) is 4.74 Å². The highest BCUT2D eigenvalue weighted by atomic mass is 19.1. The average Bonchev–Trinajstić information content (AvgIpc) is 3.01. The number of esters is 1. The number of fused-ring (bicyclic) bond motifs is 1. The predicted octanol–water partition coefficient (Wildman–Crippen LogP) is 4.44. The van der Waals surface area contributed by atoms with E-state index in [1.54, 1.807) is 23.6 Å². The van der Waals surface area contributed by atoms with Crippen LogP contribution in [0.2, 0.25) is 0 Å². The summed E-state index contributed by atoms with van der Waals surface area (Å²) < 4.78 is 20.3. The molecule has 3 aromatic rings. The van der Waals surface area contributed by atoms with E-state index < -0.39 is 5.97 Å². The third-order valence-electron chi connectivity index (χ3n) is 3.89. The highest BCUT2D eigenvalue weighted by molar-refractivity contribution is 5.99. The molecule has 2 heterocycles. The van der Waals surface area contributed by atoms with Crippen LogP contribution < -0.4 is 0 Å². The standard InChI is InChI=1S/C19H19FN2O2/c1-4-24-19(23)17-16(12(2)3)15-6-5-11-22(15)21-18(17)13-7-9-14(20)10-8-13/h5-12H,4H2,1-3H3. The largest absolute Gasteiger partial charge is 0.462 e. The van der Waals surface area contributed by atoms with Crippen molar-refractivity contribution in [3.63, 3.8) is 0 Å². The quantitative estimate of drug-likeness (QED) is 0.666. The molecule has 0 aliphatic carbocycles. The molecule has 0 saturated carbocycles. The molecule has 124 valence electrons. The Labute approximate surface area is 139 Å². The van der Waals surface area contributed by atoms with Crippen LogP contribution in [0.1, 0.15) is 42.6 Å². The lowest BCUT2D eigenvalue weighted by molar-refractivity contribution is 0.0525. The Morgan fingerprint density at radius 3 is 2.58 bits per heavy atom. The number of nitrogens with zero attached hydrogens (tertiary/aromatic N) is 2. The summed E-state index contributed by atoms with van der Waals surface area (Å²) in [6.45, 7) is 6.11. The Balaban J connectivity index is 2.35. The first kappa shape index (κ1) is 16.2. The third kappa shape index (κ3) is 2.77. The number of hydrogen-bond donors (Lipinski definition) is 0. The van der Waals surface area contributed by atoms with Crippen molar-refractivity contribution in [2.75, 3.05) is 6.61 Å². The predicted molar refractivity (Wildman–Crippen MR) is 90.6 cm³/mol. The minimum Gasteiger partial charge on any atom is -0.462 e. The summed E-state index contributed by atoms with van der Waals surface area (Å²) in [5.41, 5.74) is 3.38.